The van der Waals surface area contributed by atoms with Crippen LogP contribution in [0.5, 0.6) is 5.75 Å². The Morgan fingerprint density at radius 3 is 2.83 bits per heavy atom. The highest BCUT2D eigenvalue weighted by atomic mass is 32.1. The Morgan fingerprint density at radius 1 is 1.17 bits per heavy atom. The number of nitrogens with one attached hydrogen (secondary N) is 1. The van der Waals surface area contributed by atoms with Gasteiger partial charge in [0.25, 0.3) is 0 Å². The maximum Gasteiger partial charge on any atom is 0.349 e. The van der Waals surface area contributed by atoms with Crippen LogP contribution in [0.2, 0.25) is 0 Å². The molecule has 0 aliphatic rings. The van der Waals surface area contributed by atoms with E-state index in [4.69, 9.17) is 4.42 Å². The Hall–Kier alpha value is -3.19. The van der Waals surface area contributed by atoms with E-state index in [1.165, 1.54) is 17.6 Å². The third-order valence-corrected chi connectivity index (χ3v) is 4.41. The number of aromatic hydroxyl groups is 1. The van der Waals surface area contributed by atoms with Crippen molar-refractivity contribution in [3.8, 4) is 5.75 Å². The molecule has 0 unspecified atom stereocenters. The fourth-order valence-electron chi connectivity index (χ4n) is 2.33. The minimum absolute atomic E-state index is 0.0117. The lowest BCUT2D eigenvalue weighted by molar-refractivity contribution is 0.466. The van der Waals surface area contributed by atoms with Gasteiger partial charge in [0.1, 0.15) is 16.9 Å². The van der Waals surface area contributed by atoms with Crippen LogP contribution in [0.25, 0.3) is 21.2 Å². The molecule has 0 fully saturated rings. The summed E-state index contributed by atoms with van der Waals surface area (Å²) in [6.07, 6.45) is 1.24. The number of hydrogen-bond donors (Lipinski definition) is 2. The molecule has 0 aliphatic carbocycles. The van der Waals surface area contributed by atoms with E-state index < -0.39 is 5.63 Å². The van der Waals surface area contributed by atoms with Gasteiger partial charge in [0.05, 0.1) is 21.8 Å². The Kier molecular flexibility index (Phi) is 3.47. The third kappa shape index (κ3) is 2.50. The molecule has 4 aromatic rings. The largest absolute Gasteiger partial charge is 0.506 e. The van der Waals surface area contributed by atoms with E-state index in [-0.39, 0.29) is 11.3 Å². The highest BCUT2D eigenvalue weighted by Crippen LogP contribution is 2.26. The zero-order chi connectivity index (χ0) is 16.5. The van der Waals surface area contributed by atoms with Crippen LogP contribution in [-0.2, 0) is 0 Å². The second-order valence-corrected chi connectivity index (χ2v) is 6.04. The number of rotatable bonds is 3. The SMILES string of the molecule is O=c1oc2ccccc2c(O)c1/C=N/Nc1nc2ccccc2s1. The van der Waals surface area contributed by atoms with Crippen molar-refractivity contribution in [2.45, 2.75) is 0 Å². The maximum absolute atomic E-state index is 12.0. The highest BCUT2D eigenvalue weighted by molar-refractivity contribution is 7.22. The Balaban J connectivity index is 1.66. The number of nitrogens with zero attached hydrogens (tertiary/aromatic N) is 2. The fourth-order valence-corrected chi connectivity index (χ4v) is 3.15. The van der Waals surface area contributed by atoms with Crippen LogP contribution < -0.4 is 11.1 Å². The summed E-state index contributed by atoms with van der Waals surface area (Å²) < 4.78 is 6.21. The summed E-state index contributed by atoms with van der Waals surface area (Å²) in [6, 6.07) is 14.5. The highest BCUT2D eigenvalue weighted by Gasteiger charge is 2.11. The number of para-hydroxylation sites is 2. The van der Waals surface area contributed by atoms with Crippen LogP contribution in [-0.4, -0.2) is 16.3 Å². The fraction of sp³-hybridized carbons (Fsp3) is 0. The molecule has 2 aromatic heterocycles. The van der Waals surface area contributed by atoms with E-state index in [2.05, 4.69) is 15.5 Å². The average Bonchev–Trinajstić information content (AvgIpc) is 3.00. The summed E-state index contributed by atoms with van der Waals surface area (Å²) in [5.41, 5.74) is 3.31. The number of anilines is 1. The zero-order valence-electron chi connectivity index (χ0n) is 12.3. The predicted octanol–water partition coefficient (Wildman–Crippen LogP) is 3.55. The van der Waals surface area contributed by atoms with Gasteiger partial charge in [-0.1, -0.05) is 35.6 Å². The molecule has 2 heterocycles. The van der Waals surface area contributed by atoms with Gasteiger partial charge in [-0.3, -0.25) is 5.43 Å². The number of thiazole rings is 1. The molecular weight excluding hydrogens is 326 g/mol. The first kappa shape index (κ1) is 14.4. The van der Waals surface area contributed by atoms with Gasteiger partial charge in [-0.2, -0.15) is 5.10 Å². The van der Waals surface area contributed by atoms with Gasteiger partial charge >= 0.3 is 5.63 Å². The summed E-state index contributed by atoms with van der Waals surface area (Å²) >= 11 is 1.44. The van der Waals surface area contributed by atoms with E-state index in [1.54, 1.807) is 24.3 Å². The van der Waals surface area contributed by atoms with Crippen LogP contribution in [0.15, 0.2) is 62.8 Å². The van der Waals surface area contributed by atoms with E-state index in [9.17, 15) is 9.90 Å². The quantitative estimate of drug-likeness (QED) is 0.339. The summed E-state index contributed by atoms with van der Waals surface area (Å²) in [5.74, 6) is -0.156. The van der Waals surface area contributed by atoms with Gasteiger partial charge in [-0.05, 0) is 24.3 Å². The Labute approximate surface area is 139 Å². The number of aromatic nitrogens is 1. The van der Waals surface area contributed by atoms with Crippen molar-refractivity contribution in [2.75, 3.05) is 5.43 Å². The van der Waals surface area contributed by atoms with Crippen LogP contribution in [0.4, 0.5) is 5.13 Å². The molecule has 0 radical (unpaired) electrons. The lowest BCUT2D eigenvalue weighted by atomic mass is 10.1. The van der Waals surface area contributed by atoms with E-state index in [1.807, 2.05) is 24.3 Å². The second kappa shape index (κ2) is 5.78. The molecule has 0 saturated carbocycles. The molecule has 0 aliphatic heterocycles. The standard InChI is InChI=1S/C17H11N3O3S/c21-15-10-5-1-3-7-13(10)23-16(22)11(15)9-18-20-17-19-12-6-2-4-8-14(12)24-17/h1-9,21H,(H,19,20)/b18-9+. The molecule has 2 N–H and O–H groups in total. The first-order valence-electron chi connectivity index (χ1n) is 7.12. The number of benzene rings is 2. The van der Waals surface area contributed by atoms with Gasteiger partial charge in [0.2, 0.25) is 5.13 Å². The van der Waals surface area contributed by atoms with Crippen LogP contribution >= 0.6 is 11.3 Å². The molecule has 0 atom stereocenters. The second-order valence-electron chi connectivity index (χ2n) is 5.00. The molecule has 0 saturated heterocycles. The van der Waals surface area contributed by atoms with Gasteiger partial charge in [0, 0.05) is 0 Å². The first-order chi connectivity index (χ1) is 11.7. The van der Waals surface area contributed by atoms with Crippen LogP contribution in [0.1, 0.15) is 5.56 Å². The molecular formula is C17H11N3O3S. The molecule has 6 nitrogen and oxygen atoms in total. The molecule has 2 aromatic carbocycles. The lowest BCUT2D eigenvalue weighted by Gasteiger charge is -2.02. The molecule has 0 bridgehead atoms. The smallest absolute Gasteiger partial charge is 0.349 e. The van der Waals surface area contributed by atoms with Crippen molar-refractivity contribution in [3.05, 3.63) is 64.5 Å². The van der Waals surface area contributed by atoms with Gasteiger partial charge in [0.15, 0.2) is 0 Å². The number of fused-ring (bicyclic) bond motifs is 2. The number of hydrogen-bond acceptors (Lipinski definition) is 7. The average molecular weight is 337 g/mol. The van der Waals surface area contributed by atoms with Crippen LogP contribution in [0.3, 0.4) is 0 Å². The Morgan fingerprint density at radius 2 is 1.96 bits per heavy atom. The molecule has 0 amide bonds. The summed E-state index contributed by atoms with van der Waals surface area (Å²) in [7, 11) is 0. The molecule has 24 heavy (non-hydrogen) atoms. The minimum atomic E-state index is -0.652. The Bertz CT molecular complexity index is 1100. The van der Waals surface area contributed by atoms with Crippen molar-refractivity contribution in [3.63, 3.8) is 0 Å². The van der Waals surface area contributed by atoms with E-state index >= 15 is 0 Å². The van der Waals surface area contributed by atoms with Crippen molar-refractivity contribution >= 4 is 43.9 Å². The summed E-state index contributed by atoms with van der Waals surface area (Å²) in [6.45, 7) is 0. The minimum Gasteiger partial charge on any atom is -0.506 e. The molecule has 4 rings (SSSR count). The van der Waals surface area contributed by atoms with Crippen molar-refractivity contribution < 1.29 is 9.52 Å². The molecule has 0 spiro atoms. The van der Waals surface area contributed by atoms with Crippen LogP contribution in [0, 0.1) is 0 Å². The monoisotopic (exact) mass is 337 g/mol. The number of hydrazone groups is 1. The summed E-state index contributed by atoms with van der Waals surface area (Å²) in [5, 5.41) is 15.3. The third-order valence-electron chi connectivity index (χ3n) is 3.47. The van der Waals surface area contributed by atoms with E-state index in [0.717, 1.165) is 10.2 Å². The van der Waals surface area contributed by atoms with Gasteiger partial charge < -0.3 is 9.52 Å². The topological polar surface area (TPSA) is 87.7 Å². The lowest BCUT2D eigenvalue weighted by Crippen LogP contribution is -2.07. The van der Waals surface area contributed by atoms with Crippen molar-refractivity contribution in [2.24, 2.45) is 5.10 Å². The van der Waals surface area contributed by atoms with E-state index in [0.29, 0.717) is 16.1 Å². The zero-order valence-corrected chi connectivity index (χ0v) is 13.1. The predicted molar refractivity (Wildman–Crippen MR) is 95.0 cm³/mol. The van der Waals surface area contributed by atoms with Crippen molar-refractivity contribution in [1.29, 1.82) is 0 Å². The summed E-state index contributed by atoms with van der Waals surface area (Å²) in [4.78, 5) is 16.3. The van der Waals surface area contributed by atoms with Gasteiger partial charge in [-0.25, -0.2) is 9.78 Å². The van der Waals surface area contributed by atoms with Gasteiger partial charge in [-0.15, -0.1) is 0 Å². The normalized spacial score (nSPS) is 11.5. The molecule has 118 valence electrons. The first-order valence-corrected chi connectivity index (χ1v) is 7.93. The van der Waals surface area contributed by atoms with Crippen molar-refractivity contribution in [1.82, 2.24) is 4.98 Å². The maximum atomic E-state index is 12.0. The molecule has 7 heteroatoms.